The number of hydrogen-bond donors (Lipinski definition) is 1. The summed E-state index contributed by atoms with van der Waals surface area (Å²) in [6.07, 6.45) is 2.31. The SMILES string of the molecule is COc1cc2c(Oc3ccc4[nH]c(C)cc4c3F)ncnc2cc1OCCCC(=O)N1CCOCC1. The molecular formula is C26H27FN4O5. The van der Waals surface area contributed by atoms with Gasteiger partial charge in [0.05, 0.1) is 37.8 Å². The first-order valence-electron chi connectivity index (χ1n) is 11.8. The van der Waals surface area contributed by atoms with Crippen LogP contribution in [-0.2, 0) is 9.53 Å². The van der Waals surface area contributed by atoms with Gasteiger partial charge < -0.3 is 28.8 Å². The first kappa shape index (κ1) is 23.8. The molecule has 3 heterocycles. The Hall–Kier alpha value is -3.92. The number of ether oxygens (including phenoxy) is 4. The van der Waals surface area contributed by atoms with Gasteiger partial charge in [-0.3, -0.25) is 4.79 Å². The topological polar surface area (TPSA) is 98.8 Å². The van der Waals surface area contributed by atoms with Gasteiger partial charge in [0.1, 0.15) is 6.33 Å². The van der Waals surface area contributed by atoms with Gasteiger partial charge in [-0.1, -0.05) is 0 Å². The number of aryl methyl sites for hydroxylation is 1. The average Bonchev–Trinajstić information content (AvgIpc) is 3.29. The van der Waals surface area contributed by atoms with Gasteiger partial charge in [-0.05, 0) is 37.6 Å². The molecule has 1 amide bonds. The summed E-state index contributed by atoms with van der Waals surface area (Å²) in [7, 11) is 1.53. The van der Waals surface area contributed by atoms with Crippen molar-refractivity contribution in [1.29, 1.82) is 0 Å². The fourth-order valence-corrected chi connectivity index (χ4v) is 4.24. The molecule has 9 nitrogen and oxygen atoms in total. The highest BCUT2D eigenvalue weighted by Crippen LogP contribution is 2.37. The average molecular weight is 495 g/mol. The van der Waals surface area contributed by atoms with Crippen LogP contribution in [0.5, 0.6) is 23.1 Å². The van der Waals surface area contributed by atoms with Crippen molar-refractivity contribution in [3.63, 3.8) is 0 Å². The van der Waals surface area contributed by atoms with Crippen molar-refractivity contribution in [2.24, 2.45) is 0 Å². The van der Waals surface area contributed by atoms with Gasteiger partial charge in [0, 0.05) is 42.2 Å². The van der Waals surface area contributed by atoms with Gasteiger partial charge in [0.25, 0.3) is 0 Å². The number of hydrogen-bond acceptors (Lipinski definition) is 7. The number of carbonyl (C=O) groups is 1. The summed E-state index contributed by atoms with van der Waals surface area (Å²) in [4.78, 5) is 25.8. The van der Waals surface area contributed by atoms with Gasteiger partial charge in [-0.15, -0.1) is 0 Å². The molecular weight excluding hydrogens is 467 g/mol. The van der Waals surface area contributed by atoms with Crippen molar-refractivity contribution in [3.8, 4) is 23.1 Å². The summed E-state index contributed by atoms with van der Waals surface area (Å²) in [5.41, 5.74) is 2.11. The number of methoxy groups -OCH3 is 1. The van der Waals surface area contributed by atoms with Crippen molar-refractivity contribution in [1.82, 2.24) is 19.9 Å². The lowest BCUT2D eigenvalue weighted by Crippen LogP contribution is -2.40. The molecule has 0 spiro atoms. The molecule has 0 radical (unpaired) electrons. The molecule has 0 saturated carbocycles. The standard InChI is InChI=1S/C26H27FN4O5/c1-16-12-17-19(30-16)5-6-21(25(17)27)36-26-18-13-22(33-2)23(14-20(18)28-15-29-26)35-9-3-4-24(32)31-7-10-34-11-8-31/h5-6,12-15,30H,3-4,7-11H2,1-2H3. The predicted octanol–water partition coefficient (Wildman–Crippen LogP) is 4.38. The van der Waals surface area contributed by atoms with Crippen LogP contribution < -0.4 is 14.2 Å². The number of nitrogens with one attached hydrogen (secondary N) is 1. The molecule has 1 fully saturated rings. The van der Waals surface area contributed by atoms with E-state index >= 15 is 4.39 Å². The van der Waals surface area contributed by atoms with E-state index < -0.39 is 5.82 Å². The normalized spacial score (nSPS) is 13.8. The van der Waals surface area contributed by atoms with E-state index in [1.165, 1.54) is 13.4 Å². The molecule has 5 rings (SSSR count). The summed E-state index contributed by atoms with van der Waals surface area (Å²) in [5, 5.41) is 0.998. The Balaban J connectivity index is 1.31. The van der Waals surface area contributed by atoms with Crippen molar-refractivity contribution >= 4 is 27.7 Å². The quantitative estimate of drug-likeness (QED) is 0.363. The molecule has 0 aliphatic carbocycles. The lowest BCUT2D eigenvalue weighted by atomic mass is 10.2. The van der Waals surface area contributed by atoms with Crippen LogP contribution in [0.4, 0.5) is 4.39 Å². The highest BCUT2D eigenvalue weighted by Gasteiger charge is 2.18. The highest BCUT2D eigenvalue weighted by atomic mass is 19.1. The number of H-pyrrole nitrogens is 1. The molecule has 0 bridgehead atoms. The molecule has 0 unspecified atom stereocenters. The Morgan fingerprint density at radius 1 is 1.11 bits per heavy atom. The molecule has 1 aliphatic heterocycles. The predicted molar refractivity (Wildman–Crippen MR) is 131 cm³/mol. The molecule has 36 heavy (non-hydrogen) atoms. The number of aromatic amines is 1. The minimum Gasteiger partial charge on any atom is -0.493 e. The van der Waals surface area contributed by atoms with E-state index in [2.05, 4.69) is 15.0 Å². The van der Waals surface area contributed by atoms with E-state index in [-0.39, 0.29) is 17.5 Å². The molecule has 1 aliphatic rings. The van der Waals surface area contributed by atoms with E-state index in [1.807, 2.05) is 11.8 Å². The monoisotopic (exact) mass is 494 g/mol. The van der Waals surface area contributed by atoms with Crippen LogP contribution in [0, 0.1) is 12.7 Å². The third-order valence-electron chi connectivity index (χ3n) is 6.08. The van der Waals surface area contributed by atoms with E-state index in [0.29, 0.717) is 79.1 Å². The fraction of sp³-hybridized carbons (Fsp3) is 0.346. The van der Waals surface area contributed by atoms with E-state index in [0.717, 1.165) is 5.69 Å². The number of amides is 1. The molecule has 2 aromatic carbocycles. The summed E-state index contributed by atoms with van der Waals surface area (Å²) < 4.78 is 37.7. The number of halogens is 1. The first-order valence-corrected chi connectivity index (χ1v) is 11.8. The minimum atomic E-state index is -0.470. The number of morpholine rings is 1. The van der Waals surface area contributed by atoms with Crippen LogP contribution >= 0.6 is 0 Å². The van der Waals surface area contributed by atoms with Crippen LogP contribution in [0.2, 0.25) is 0 Å². The van der Waals surface area contributed by atoms with Crippen LogP contribution in [0.1, 0.15) is 18.5 Å². The van der Waals surface area contributed by atoms with Crippen molar-refractivity contribution in [2.75, 3.05) is 40.0 Å². The van der Waals surface area contributed by atoms with Crippen molar-refractivity contribution in [3.05, 3.63) is 48.2 Å². The van der Waals surface area contributed by atoms with Crippen molar-refractivity contribution < 1.29 is 28.1 Å². The molecule has 10 heteroatoms. The Bertz CT molecular complexity index is 1400. The molecule has 4 aromatic rings. The molecule has 1 N–H and O–H groups in total. The molecule has 1 saturated heterocycles. The van der Waals surface area contributed by atoms with Crippen molar-refractivity contribution in [2.45, 2.75) is 19.8 Å². The van der Waals surface area contributed by atoms with Gasteiger partial charge in [0.2, 0.25) is 11.8 Å². The van der Waals surface area contributed by atoms with Gasteiger partial charge in [-0.25, -0.2) is 14.4 Å². The van der Waals surface area contributed by atoms with Gasteiger partial charge >= 0.3 is 0 Å². The zero-order chi connectivity index (χ0) is 25.1. The summed E-state index contributed by atoms with van der Waals surface area (Å²) in [6.45, 7) is 4.63. The highest BCUT2D eigenvalue weighted by molar-refractivity contribution is 5.87. The largest absolute Gasteiger partial charge is 0.493 e. The number of aromatic nitrogens is 3. The minimum absolute atomic E-state index is 0.0609. The van der Waals surface area contributed by atoms with Crippen LogP contribution in [0.15, 0.2) is 36.7 Å². The van der Waals surface area contributed by atoms with Gasteiger partial charge in [0.15, 0.2) is 23.1 Å². The lowest BCUT2D eigenvalue weighted by Gasteiger charge is -2.26. The van der Waals surface area contributed by atoms with Crippen LogP contribution in [-0.4, -0.2) is 65.8 Å². The van der Waals surface area contributed by atoms with E-state index in [4.69, 9.17) is 18.9 Å². The third-order valence-corrected chi connectivity index (χ3v) is 6.08. The Morgan fingerprint density at radius 3 is 2.75 bits per heavy atom. The van der Waals surface area contributed by atoms with E-state index in [1.54, 1.807) is 30.3 Å². The fourth-order valence-electron chi connectivity index (χ4n) is 4.24. The molecule has 188 valence electrons. The zero-order valence-electron chi connectivity index (χ0n) is 20.2. The Morgan fingerprint density at radius 2 is 1.94 bits per heavy atom. The third kappa shape index (κ3) is 4.90. The number of nitrogens with zero attached hydrogens (tertiary/aromatic N) is 3. The molecule has 0 atom stereocenters. The second-order valence-electron chi connectivity index (χ2n) is 8.54. The number of rotatable bonds is 8. The summed E-state index contributed by atoms with van der Waals surface area (Å²) >= 11 is 0. The van der Waals surface area contributed by atoms with E-state index in [9.17, 15) is 4.79 Å². The Labute approximate surface area is 207 Å². The summed E-state index contributed by atoms with van der Waals surface area (Å²) in [6, 6.07) is 8.49. The second kappa shape index (κ2) is 10.4. The molecule has 2 aromatic heterocycles. The first-order chi connectivity index (χ1) is 17.5. The second-order valence-corrected chi connectivity index (χ2v) is 8.54. The number of fused-ring (bicyclic) bond motifs is 2. The Kier molecular flexibility index (Phi) is 6.86. The zero-order valence-corrected chi connectivity index (χ0v) is 20.2. The smallest absolute Gasteiger partial charge is 0.230 e. The maximum absolute atomic E-state index is 15.1. The van der Waals surface area contributed by atoms with Crippen LogP contribution in [0.3, 0.4) is 0 Å². The number of benzene rings is 2. The number of carbonyl (C=O) groups excluding carboxylic acids is 1. The maximum atomic E-state index is 15.1. The van der Waals surface area contributed by atoms with Crippen LogP contribution in [0.25, 0.3) is 21.8 Å². The maximum Gasteiger partial charge on any atom is 0.230 e. The lowest BCUT2D eigenvalue weighted by molar-refractivity contribution is -0.135. The van der Waals surface area contributed by atoms with Gasteiger partial charge in [-0.2, -0.15) is 0 Å². The summed E-state index contributed by atoms with van der Waals surface area (Å²) in [5.74, 6) is 0.837.